The topological polar surface area (TPSA) is 51.2 Å². The second-order valence-electron chi connectivity index (χ2n) is 3.89. The first-order valence-electron chi connectivity index (χ1n) is 5.38. The third-order valence-corrected chi connectivity index (χ3v) is 2.62. The van der Waals surface area contributed by atoms with Gasteiger partial charge in [0, 0.05) is 19.0 Å². The van der Waals surface area contributed by atoms with E-state index >= 15 is 0 Å². The molecular weight excluding hydrogens is 176 g/mol. The Balaban J connectivity index is 2.01. The zero-order valence-corrected chi connectivity index (χ0v) is 8.62. The molecule has 1 saturated carbocycles. The van der Waals surface area contributed by atoms with Crippen molar-refractivity contribution in [3.05, 3.63) is 23.7 Å². The molecule has 3 nitrogen and oxygen atoms in total. The summed E-state index contributed by atoms with van der Waals surface area (Å²) in [6.07, 6.45) is 3.50. The molecule has 1 aliphatic carbocycles. The van der Waals surface area contributed by atoms with Crippen molar-refractivity contribution in [1.82, 2.24) is 5.32 Å². The van der Waals surface area contributed by atoms with Crippen LogP contribution in [0.4, 0.5) is 0 Å². The Morgan fingerprint density at radius 1 is 1.57 bits per heavy atom. The van der Waals surface area contributed by atoms with Crippen molar-refractivity contribution in [3.63, 3.8) is 0 Å². The molecule has 0 aliphatic heterocycles. The molecule has 0 amide bonds. The van der Waals surface area contributed by atoms with E-state index in [1.54, 1.807) is 0 Å². The Hall–Kier alpha value is -0.800. The molecular formula is C11H18N2O. The third kappa shape index (κ3) is 2.16. The maximum atomic E-state index is 5.71. The highest BCUT2D eigenvalue weighted by atomic mass is 16.3. The van der Waals surface area contributed by atoms with Crippen LogP contribution in [-0.4, -0.2) is 12.6 Å². The van der Waals surface area contributed by atoms with Crippen molar-refractivity contribution < 1.29 is 4.42 Å². The van der Waals surface area contributed by atoms with Crippen LogP contribution in [0.1, 0.15) is 37.3 Å². The van der Waals surface area contributed by atoms with E-state index in [1.807, 2.05) is 12.1 Å². The van der Waals surface area contributed by atoms with Crippen LogP contribution in [0.2, 0.25) is 0 Å². The van der Waals surface area contributed by atoms with Crippen molar-refractivity contribution in [2.75, 3.05) is 6.54 Å². The van der Waals surface area contributed by atoms with Gasteiger partial charge in [0.25, 0.3) is 0 Å². The maximum Gasteiger partial charge on any atom is 0.122 e. The normalized spacial score (nSPS) is 18.4. The molecule has 1 atom stereocenters. The second-order valence-corrected chi connectivity index (χ2v) is 3.89. The van der Waals surface area contributed by atoms with Crippen LogP contribution >= 0.6 is 0 Å². The second kappa shape index (κ2) is 4.15. The summed E-state index contributed by atoms with van der Waals surface area (Å²) in [4.78, 5) is 0. The van der Waals surface area contributed by atoms with Gasteiger partial charge in [0.15, 0.2) is 0 Å². The summed E-state index contributed by atoms with van der Waals surface area (Å²) in [7, 11) is 0. The predicted octanol–water partition coefficient (Wildman–Crippen LogP) is 1.59. The van der Waals surface area contributed by atoms with Gasteiger partial charge in [-0.25, -0.2) is 0 Å². The number of furan rings is 1. The van der Waals surface area contributed by atoms with Gasteiger partial charge in [0.2, 0.25) is 0 Å². The zero-order valence-electron chi connectivity index (χ0n) is 8.62. The van der Waals surface area contributed by atoms with Crippen LogP contribution in [-0.2, 0) is 6.42 Å². The van der Waals surface area contributed by atoms with Gasteiger partial charge >= 0.3 is 0 Å². The van der Waals surface area contributed by atoms with Crippen molar-refractivity contribution in [2.45, 2.75) is 38.3 Å². The van der Waals surface area contributed by atoms with Gasteiger partial charge in [-0.05, 0) is 25.0 Å². The van der Waals surface area contributed by atoms with E-state index in [0.29, 0.717) is 12.6 Å². The van der Waals surface area contributed by atoms with E-state index in [4.69, 9.17) is 10.2 Å². The highest BCUT2D eigenvalue weighted by Gasteiger charge is 2.25. The standard InChI is InChI=1S/C11H18N2O/c1-2-9-5-6-11(14-9)10(7-12)13-8-3-4-8/h5-6,8,10,13H,2-4,7,12H2,1H3. The zero-order chi connectivity index (χ0) is 9.97. The molecule has 2 rings (SSSR count). The lowest BCUT2D eigenvalue weighted by Gasteiger charge is -2.13. The fourth-order valence-corrected chi connectivity index (χ4v) is 1.57. The van der Waals surface area contributed by atoms with Crippen LogP contribution in [0.5, 0.6) is 0 Å². The average Bonchev–Trinajstić information content (AvgIpc) is 2.90. The molecule has 14 heavy (non-hydrogen) atoms. The van der Waals surface area contributed by atoms with Crippen molar-refractivity contribution >= 4 is 0 Å². The Bertz CT molecular complexity index is 291. The Morgan fingerprint density at radius 2 is 2.36 bits per heavy atom. The first kappa shape index (κ1) is 9.74. The van der Waals surface area contributed by atoms with Gasteiger partial charge in [-0.2, -0.15) is 0 Å². The van der Waals surface area contributed by atoms with Crippen LogP contribution < -0.4 is 11.1 Å². The smallest absolute Gasteiger partial charge is 0.122 e. The van der Waals surface area contributed by atoms with Gasteiger partial charge < -0.3 is 15.5 Å². The van der Waals surface area contributed by atoms with Crippen LogP contribution in [0.3, 0.4) is 0 Å². The SMILES string of the molecule is CCc1ccc(C(CN)NC2CC2)o1. The van der Waals surface area contributed by atoms with Crippen LogP contribution in [0, 0.1) is 0 Å². The highest BCUT2D eigenvalue weighted by Crippen LogP contribution is 2.24. The molecule has 0 saturated heterocycles. The lowest BCUT2D eigenvalue weighted by molar-refractivity contribution is 0.396. The summed E-state index contributed by atoms with van der Waals surface area (Å²) in [5.41, 5.74) is 5.71. The van der Waals surface area contributed by atoms with E-state index < -0.39 is 0 Å². The van der Waals surface area contributed by atoms with E-state index in [2.05, 4.69) is 12.2 Å². The monoisotopic (exact) mass is 194 g/mol. The third-order valence-electron chi connectivity index (χ3n) is 2.62. The summed E-state index contributed by atoms with van der Waals surface area (Å²) < 4.78 is 5.67. The minimum Gasteiger partial charge on any atom is -0.464 e. The average molecular weight is 194 g/mol. The summed E-state index contributed by atoms with van der Waals surface area (Å²) >= 11 is 0. The van der Waals surface area contributed by atoms with Gasteiger partial charge in [0.1, 0.15) is 11.5 Å². The van der Waals surface area contributed by atoms with Crippen molar-refractivity contribution in [2.24, 2.45) is 5.73 Å². The molecule has 0 radical (unpaired) electrons. The van der Waals surface area contributed by atoms with E-state index in [0.717, 1.165) is 17.9 Å². The quantitative estimate of drug-likeness (QED) is 0.748. The van der Waals surface area contributed by atoms with Crippen molar-refractivity contribution in [1.29, 1.82) is 0 Å². The van der Waals surface area contributed by atoms with Crippen molar-refractivity contribution in [3.8, 4) is 0 Å². The minimum atomic E-state index is 0.197. The Morgan fingerprint density at radius 3 is 2.86 bits per heavy atom. The molecule has 1 fully saturated rings. The Kier molecular flexibility index (Phi) is 2.89. The lowest BCUT2D eigenvalue weighted by Crippen LogP contribution is -2.29. The fraction of sp³-hybridized carbons (Fsp3) is 0.636. The number of nitrogens with two attached hydrogens (primary N) is 1. The molecule has 3 N–H and O–H groups in total. The van der Waals surface area contributed by atoms with Gasteiger partial charge in [-0.3, -0.25) is 0 Å². The highest BCUT2D eigenvalue weighted by molar-refractivity contribution is 5.12. The summed E-state index contributed by atoms with van der Waals surface area (Å²) in [5, 5.41) is 3.48. The summed E-state index contributed by atoms with van der Waals surface area (Å²) in [6, 6.07) is 4.93. The van der Waals surface area contributed by atoms with Crippen LogP contribution in [0.25, 0.3) is 0 Å². The summed E-state index contributed by atoms with van der Waals surface area (Å²) in [6.45, 7) is 2.70. The molecule has 1 aliphatic rings. The molecule has 1 aromatic heterocycles. The molecule has 1 unspecified atom stereocenters. The Labute approximate surface area is 84.7 Å². The lowest BCUT2D eigenvalue weighted by atomic mass is 10.2. The largest absolute Gasteiger partial charge is 0.464 e. The number of aryl methyl sites for hydroxylation is 1. The molecule has 1 heterocycles. The number of hydrogen-bond acceptors (Lipinski definition) is 3. The number of nitrogens with one attached hydrogen (secondary N) is 1. The minimum absolute atomic E-state index is 0.197. The predicted molar refractivity (Wildman–Crippen MR) is 56.0 cm³/mol. The molecule has 3 heteroatoms. The molecule has 1 aromatic rings. The van der Waals surface area contributed by atoms with Crippen LogP contribution in [0.15, 0.2) is 16.5 Å². The molecule has 78 valence electrons. The molecule has 0 bridgehead atoms. The fourth-order valence-electron chi connectivity index (χ4n) is 1.57. The van der Waals surface area contributed by atoms with E-state index in [9.17, 15) is 0 Å². The first-order chi connectivity index (χ1) is 6.83. The van der Waals surface area contributed by atoms with E-state index in [1.165, 1.54) is 12.8 Å². The first-order valence-corrected chi connectivity index (χ1v) is 5.38. The maximum absolute atomic E-state index is 5.71. The number of rotatable bonds is 5. The molecule has 0 aromatic carbocycles. The van der Waals surface area contributed by atoms with Gasteiger partial charge in [-0.15, -0.1) is 0 Å². The number of hydrogen-bond donors (Lipinski definition) is 2. The van der Waals surface area contributed by atoms with Gasteiger partial charge in [-0.1, -0.05) is 6.92 Å². The molecule has 0 spiro atoms. The summed E-state index contributed by atoms with van der Waals surface area (Å²) in [5.74, 6) is 2.02. The van der Waals surface area contributed by atoms with Gasteiger partial charge in [0.05, 0.1) is 6.04 Å². The van der Waals surface area contributed by atoms with E-state index in [-0.39, 0.29) is 6.04 Å².